The van der Waals surface area contributed by atoms with Crippen molar-refractivity contribution in [2.75, 3.05) is 5.32 Å². The van der Waals surface area contributed by atoms with Crippen molar-refractivity contribution < 1.29 is 13.2 Å². The Balaban J connectivity index is 2.12. The molecular weight excluding hydrogens is 326 g/mol. The zero-order valence-electron chi connectivity index (χ0n) is 12.9. The molecule has 0 aliphatic heterocycles. The van der Waals surface area contributed by atoms with E-state index in [9.17, 15) is 13.2 Å². The van der Waals surface area contributed by atoms with Gasteiger partial charge in [-0.3, -0.25) is 4.79 Å². The van der Waals surface area contributed by atoms with Gasteiger partial charge in [-0.05, 0) is 48.4 Å². The molecular formula is C17H15N3O3S. The summed E-state index contributed by atoms with van der Waals surface area (Å²) in [7, 11) is -3.85. The van der Waals surface area contributed by atoms with Crippen LogP contribution in [0.2, 0.25) is 0 Å². The number of amides is 1. The van der Waals surface area contributed by atoms with Gasteiger partial charge in [0, 0.05) is 11.8 Å². The molecule has 0 radical (unpaired) electrons. The summed E-state index contributed by atoms with van der Waals surface area (Å²) in [6.45, 7) is 1.62. The molecule has 1 amide bonds. The van der Waals surface area contributed by atoms with Crippen molar-refractivity contribution in [1.29, 1.82) is 5.26 Å². The number of hydrogen-bond acceptors (Lipinski definition) is 4. The number of nitrogens with one attached hydrogen (secondary N) is 1. The highest BCUT2D eigenvalue weighted by atomic mass is 32.2. The van der Waals surface area contributed by atoms with Gasteiger partial charge in [0.1, 0.15) is 0 Å². The van der Waals surface area contributed by atoms with Gasteiger partial charge in [0.15, 0.2) is 0 Å². The van der Waals surface area contributed by atoms with Gasteiger partial charge in [0.2, 0.25) is 15.9 Å². The minimum atomic E-state index is -3.85. The largest absolute Gasteiger partial charge is 0.322 e. The van der Waals surface area contributed by atoms with Crippen LogP contribution in [0.3, 0.4) is 0 Å². The number of carbonyl (C=O) groups excluding carboxylic acids is 1. The standard InChI is InChI=1S/C17H15N3O3S/c1-12-2-8-15(10-16(12)24(19,22)23)20-17(21)9-7-13-3-5-14(11-18)6-4-13/h2-10H,1H3,(H,20,21)(H2,19,22,23)/b9-7+. The second-order valence-electron chi connectivity index (χ2n) is 5.08. The van der Waals surface area contributed by atoms with E-state index in [0.29, 0.717) is 16.8 Å². The van der Waals surface area contributed by atoms with E-state index in [1.165, 1.54) is 12.1 Å². The van der Waals surface area contributed by atoms with Gasteiger partial charge in [-0.1, -0.05) is 18.2 Å². The molecule has 2 rings (SSSR count). The number of nitriles is 1. The van der Waals surface area contributed by atoms with E-state index in [1.807, 2.05) is 6.07 Å². The Hall–Kier alpha value is -2.95. The predicted molar refractivity (Wildman–Crippen MR) is 91.4 cm³/mol. The summed E-state index contributed by atoms with van der Waals surface area (Å²) in [6.07, 6.45) is 2.91. The third-order valence-corrected chi connectivity index (χ3v) is 4.28. The molecule has 0 aliphatic rings. The number of nitrogens with two attached hydrogens (primary N) is 1. The van der Waals surface area contributed by atoms with E-state index >= 15 is 0 Å². The number of hydrogen-bond donors (Lipinski definition) is 2. The van der Waals surface area contributed by atoms with Gasteiger partial charge in [-0.2, -0.15) is 5.26 Å². The maximum atomic E-state index is 11.9. The van der Waals surface area contributed by atoms with Crippen LogP contribution in [0.4, 0.5) is 5.69 Å². The van der Waals surface area contributed by atoms with Crippen molar-refractivity contribution in [3.8, 4) is 6.07 Å². The Labute approximate surface area is 140 Å². The fraction of sp³-hybridized carbons (Fsp3) is 0.0588. The topological polar surface area (TPSA) is 113 Å². The lowest BCUT2D eigenvalue weighted by Gasteiger charge is -2.07. The molecule has 24 heavy (non-hydrogen) atoms. The highest BCUT2D eigenvalue weighted by molar-refractivity contribution is 7.89. The molecule has 6 nitrogen and oxygen atoms in total. The smallest absolute Gasteiger partial charge is 0.248 e. The third-order valence-electron chi connectivity index (χ3n) is 3.23. The van der Waals surface area contributed by atoms with Crippen LogP contribution in [0, 0.1) is 18.3 Å². The number of carbonyl (C=O) groups is 1. The van der Waals surface area contributed by atoms with Gasteiger partial charge in [-0.15, -0.1) is 0 Å². The van der Waals surface area contributed by atoms with E-state index in [4.69, 9.17) is 10.4 Å². The van der Waals surface area contributed by atoms with Crippen molar-refractivity contribution >= 4 is 27.7 Å². The van der Waals surface area contributed by atoms with Gasteiger partial charge >= 0.3 is 0 Å². The molecule has 7 heteroatoms. The molecule has 0 atom stereocenters. The molecule has 0 heterocycles. The van der Waals surface area contributed by atoms with E-state index in [2.05, 4.69) is 5.32 Å². The van der Waals surface area contributed by atoms with Crippen molar-refractivity contribution in [1.82, 2.24) is 0 Å². The Morgan fingerprint density at radius 3 is 2.46 bits per heavy atom. The normalized spacial score (nSPS) is 11.2. The van der Waals surface area contributed by atoms with Crippen LogP contribution in [0.25, 0.3) is 6.08 Å². The molecule has 2 aromatic carbocycles. The van der Waals surface area contributed by atoms with Crippen molar-refractivity contribution in [3.05, 3.63) is 65.2 Å². The zero-order chi connectivity index (χ0) is 17.7. The number of aryl methyl sites for hydroxylation is 1. The molecule has 0 spiro atoms. The van der Waals surface area contributed by atoms with Crippen LogP contribution in [0.5, 0.6) is 0 Å². The molecule has 0 unspecified atom stereocenters. The maximum absolute atomic E-state index is 11.9. The average Bonchev–Trinajstić information content (AvgIpc) is 2.54. The van der Waals surface area contributed by atoms with Crippen LogP contribution in [0.1, 0.15) is 16.7 Å². The molecule has 2 aromatic rings. The first-order chi connectivity index (χ1) is 11.3. The van der Waals surface area contributed by atoms with Crippen LogP contribution < -0.4 is 10.5 Å². The number of primary sulfonamides is 1. The summed E-state index contributed by atoms with van der Waals surface area (Å²) < 4.78 is 23.0. The minimum Gasteiger partial charge on any atom is -0.322 e. The predicted octanol–water partition coefficient (Wildman–Crippen LogP) is 2.17. The first kappa shape index (κ1) is 17.4. The van der Waals surface area contributed by atoms with E-state index in [0.717, 1.165) is 5.56 Å². The van der Waals surface area contributed by atoms with E-state index in [-0.39, 0.29) is 4.90 Å². The van der Waals surface area contributed by atoms with Gasteiger partial charge in [0.25, 0.3) is 0 Å². The number of rotatable bonds is 4. The second kappa shape index (κ2) is 7.08. The molecule has 0 aliphatic carbocycles. The van der Waals surface area contributed by atoms with E-state index < -0.39 is 15.9 Å². The fourth-order valence-electron chi connectivity index (χ4n) is 2.01. The van der Waals surface area contributed by atoms with Crippen molar-refractivity contribution in [3.63, 3.8) is 0 Å². The molecule has 0 bridgehead atoms. The van der Waals surface area contributed by atoms with Crippen LogP contribution >= 0.6 is 0 Å². The second-order valence-corrected chi connectivity index (χ2v) is 6.61. The Morgan fingerprint density at radius 1 is 1.21 bits per heavy atom. The first-order valence-electron chi connectivity index (χ1n) is 6.92. The highest BCUT2D eigenvalue weighted by Crippen LogP contribution is 2.19. The summed E-state index contributed by atoms with van der Waals surface area (Å²) in [6, 6.07) is 13.2. The number of anilines is 1. The van der Waals surface area contributed by atoms with Gasteiger partial charge in [0.05, 0.1) is 16.5 Å². The third kappa shape index (κ3) is 4.52. The van der Waals surface area contributed by atoms with Crippen LogP contribution in [-0.4, -0.2) is 14.3 Å². The van der Waals surface area contributed by atoms with Crippen molar-refractivity contribution in [2.45, 2.75) is 11.8 Å². The molecule has 0 fully saturated rings. The summed E-state index contributed by atoms with van der Waals surface area (Å²) >= 11 is 0. The van der Waals surface area contributed by atoms with Gasteiger partial charge < -0.3 is 5.32 Å². The Bertz CT molecular complexity index is 940. The zero-order valence-corrected chi connectivity index (χ0v) is 13.7. The number of sulfonamides is 1. The summed E-state index contributed by atoms with van der Waals surface area (Å²) in [4.78, 5) is 11.9. The lowest BCUT2D eigenvalue weighted by molar-refractivity contribution is -0.111. The van der Waals surface area contributed by atoms with E-state index in [1.54, 1.807) is 49.4 Å². The van der Waals surface area contributed by atoms with Crippen molar-refractivity contribution in [2.24, 2.45) is 5.14 Å². The van der Waals surface area contributed by atoms with Crippen LogP contribution in [-0.2, 0) is 14.8 Å². The van der Waals surface area contributed by atoms with Gasteiger partial charge in [-0.25, -0.2) is 13.6 Å². The highest BCUT2D eigenvalue weighted by Gasteiger charge is 2.12. The summed E-state index contributed by atoms with van der Waals surface area (Å²) in [5.41, 5.74) is 2.13. The summed E-state index contributed by atoms with van der Waals surface area (Å²) in [5.74, 6) is -0.413. The molecule has 122 valence electrons. The lowest BCUT2D eigenvalue weighted by atomic mass is 10.1. The molecule has 3 N–H and O–H groups in total. The molecule has 0 saturated carbocycles. The lowest BCUT2D eigenvalue weighted by Crippen LogP contribution is -2.15. The SMILES string of the molecule is Cc1ccc(NC(=O)/C=C/c2ccc(C#N)cc2)cc1S(N)(=O)=O. The quantitative estimate of drug-likeness (QED) is 0.830. The fourth-order valence-corrected chi connectivity index (χ4v) is 2.82. The molecule has 0 aromatic heterocycles. The number of benzene rings is 2. The molecule has 0 saturated heterocycles. The summed E-state index contributed by atoms with van der Waals surface area (Å²) in [5, 5.41) is 16.4. The number of nitrogens with zero attached hydrogens (tertiary/aromatic N) is 1. The first-order valence-corrected chi connectivity index (χ1v) is 8.47. The van der Waals surface area contributed by atoms with Crippen LogP contribution in [0.15, 0.2) is 53.4 Å². The Kier molecular flexibility index (Phi) is 5.14. The Morgan fingerprint density at radius 2 is 1.88 bits per heavy atom. The minimum absolute atomic E-state index is 0.0311. The monoisotopic (exact) mass is 341 g/mol. The maximum Gasteiger partial charge on any atom is 0.248 e. The average molecular weight is 341 g/mol.